The third kappa shape index (κ3) is 4.71. The SMILES string of the molecule is COc1ccc(NC(=O)CSCc2cc(=O)c3cc(C)cc(C)c3[nH]2)cc1. The average molecular weight is 382 g/mol. The predicted molar refractivity (Wildman–Crippen MR) is 112 cm³/mol. The minimum absolute atomic E-state index is 0.00818. The van der Waals surface area contributed by atoms with Gasteiger partial charge >= 0.3 is 0 Å². The van der Waals surface area contributed by atoms with E-state index in [9.17, 15) is 9.59 Å². The molecule has 1 amide bonds. The number of pyridine rings is 1. The van der Waals surface area contributed by atoms with Crippen LogP contribution in [-0.2, 0) is 10.5 Å². The Kier molecular flexibility index (Phi) is 5.86. The minimum Gasteiger partial charge on any atom is -0.497 e. The number of aromatic amines is 1. The Balaban J connectivity index is 1.61. The van der Waals surface area contributed by atoms with Gasteiger partial charge in [-0.2, -0.15) is 0 Å². The first-order valence-electron chi connectivity index (χ1n) is 8.61. The number of hydrogen-bond acceptors (Lipinski definition) is 4. The summed E-state index contributed by atoms with van der Waals surface area (Å²) in [4.78, 5) is 27.8. The number of rotatable bonds is 6. The van der Waals surface area contributed by atoms with Crippen molar-refractivity contribution < 1.29 is 9.53 Å². The molecule has 0 saturated heterocycles. The normalized spacial score (nSPS) is 10.8. The lowest BCUT2D eigenvalue weighted by atomic mass is 10.1. The zero-order valence-corrected chi connectivity index (χ0v) is 16.4. The highest BCUT2D eigenvalue weighted by Crippen LogP contribution is 2.19. The zero-order chi connectivity index (χ0) is 19.4. The third-order valence-corrected chi connectivity index (χ3v) is 5.18. The van der Waals surface area contributed by atoms with E-state index in [2.05, 4.69) is 16.4 Å². The summed E-state index contributed by atoms with van der Waals surface area (Å²) in [5.41, 5.74) is 4.54. The molecule has 1 heterocycles. The van der Waals surface area contributed by atoms with Crippen molar-refractivity contribution in [3.8, 4) is 5.75 Å². The van der Waals surface area contributed by atoms with Crippen molar-refractivity contribution in [1.82, 2.24) is 4.98 Å². The van der Waals surface area contributed by atoms with E-state index in [4.69, 9.17) is 4.74 Å². The molecule has 0 bridgehead atoms. The molecule has 0 radical (unpaired) electrons. The van der Waals surface area contributed by atoms with E-state index in [0.717, 1.165) is 33.8 Å². The first-order chi connectivity index (χ1) is 13.0. The highest BCUT2D eigenvalue weighted by atomic mass is 32.2. The number of fused-ring (bicyclic) bond motifs is 1. The molecule has 2 N–H and O–H groups in total. The maximum absolute atomic E-state index is 12.4. The molecule has 0 fully saturated rings. The van der Waals surface area contributed by atoms with Gasteiger partial charge in [0.25, 0.3) is 0 Å². The highest BCUT2D eigenvalue weighted by Gasteiger charge is 2.08. The number of thioether (sulfide) groups is 1. The van der Waals surface area contributed by atoms with Crippen LogP contribution in [0, 0.1) is 13.8 Å². The van der Waals surface area contributed by atoms with Gasteiger partial charge in [-0.15, -0.1) is 11.8 Å². The number of ether oxygens (including phenoxy) is 1. The number of nitrogens with one attached hydrogen (secondary N) is 2. The zero-order valence-electron chi connectivity index (χ0n) is 15.6. The molecule has 2 aromatic carbocycles. The summed E-state index contributed by atoms with van der Waals surface area (Å²) >= 11 is 1.46. The van der Waals surface area contributed by atoms with Gasteiger partial charge in [0, 0.05) is 28.6 Å². The molecule has 1 aromatic heterocycles. The van der Waals surface area contributed by atoms with E-state index in [1.807, 2.05) is 19.9 Å². The first kappa shape index (κ1) is 19.0. The Morgan fingerprint density at radius 3 is 2.59 bits per heavy atom. The van der Waals surface area contributed by atoms with E-state index in [1.165, 1.54) is 11.8 Å². The molecule has 0 unspecified atom stereocenters. The number of carbonyl (C=O) groups is 1. The molecule has 0 spiro atoms. The van der Waals surface area contributed by atoms with Crippen LogP contribution in [0.4, 0.5) is 5.69 Å². The molecular weight excluding hydrogens is 360 g/mol. The molecule has 5 nitrogen and oxygen atoms in total. The molecular formula is C21H22N2O3S. The Morgan fingerprint density at radius 2 is 1.89 bits per heavy atom. The van der Waals surface area contributed by atoms with Crippen LogP contribution in [0.3, 0.4) is 0 Å². The largest absolute Gasteiger partial charge is 0.497 e. The maximum atomic E-state index is 12.4. The van der Waals surface area contributed by atoms with Crippen LogP contribution in [0.5, 0.6) is 5.75 Å². The minimum atomic E-state index is -0.0832. The van der Waals surface area contributed by atoms with Gasteiger partial charge in [-0.3, -0.25) is 9.59 Å². The van der Waals surface area contributed by atoms with Crippen LogP contribution >= 0.6 is 11.8 Å². The van der Waals surface area contributed by atoms with Crippen LogP contribution in [0.25, 0.3) is 10.9 Å². The number of benzene rings is 2. The molecule has 6 heteroatoms. The van der Waals surface area contributed by atoms with Gasteiger partial charge in [-0.1, -0.05) is 6.07 Å². The number of methoxy groups -OCH3 is 1. The van der Waals surface area contributed by atoms with Gasteiger partial charge < -0.3 is 15.0 Å². The third-order valence-electron chi connectivity index (χ3n) is 4.20. The van der Waals surface area contributed by atoms with Gasteiger partial charge in [-0.25, -0.2) is 0 Å². The summed E-state index contributed by atoms with van der Waals surface area (Å²) in [6, 6.07) is 12.8. The fourth-order valence-corrected chi connectivity index (χ4v) is 3.70. The molecule has 0 aliphatic carbocycles. The van der Waals surface area contributed by atoms with Crippen molar-refractivity contribution >= 4 is 34.3 Å². The summed E-state index contributed by atoms with van der Waals surface area (Å²) in [5, 5.41) is 3.56. The Morgan fingerprint density at radius 1 is 1.15 bits per heavy atom. The quantitative estimate of drug-likeness (QED) is 0.675. The van der Waals surface area contributed by atoms with Crippen LogP contribution < -0.4 is 15.5 Å². The summed E-state index contributed by atoms with van der Waals surface area (Å²) < 4.78 is 5.10. The molecule has 0 atom stereocenters. The molecule has 27 heavy (non-hydrogen) atoms. The maximum Gasteiger partial charge on any atom is 0.234 e. The van der Waals surface area contributed by atoms with Crippen molar-refractivity contribution in [2.75, 3.05) is 18.2 Å². The Hall–Kier alpha value is -2.73. The van der Waals surface area contributed by atoms with Crippen LogP contribution in [0.2, 0.25) is 0 Å². The van der Waals surface area contributed by atoms with E-state index in [0.29, 0.717) is 16.9 Å². The van der Waals surface area contributed by atoms with Crippen LogP contribution in [0.1, 0.15) is 16.8 Å². The number of carbonyl (C=O) groups excluding carboxylic acids is 1. The van der Waals surface area contributed by atoms with Crippen LogP contribution in [0.15, 0.2) is 47.3 Å². The fourth-order valence-electron chi connectivity index (χ4n) is 2.96. The summed E-state index contributed by atoms with van der Waals surface area (Å²) in [6.07, 6.45) is 0. The number of H-pyrrole nitrogens is 1. The lowest BCUT2D eigenvalue weighted by Crippen LogP contribution is -2.14. The molecule has 3 rings (SSSR count). The average Bonchev–Trinajstić information content (AvgIpc) is 2.63. The van der Waals surface area contributed by atoms with E-state index < -0.39 is 0 Å². The molecule has 3 aromatic rings. The number of aromatic nitrogens is 1. The van der Waals surface area contributed by atoms with E-state index in [-0.39, 0.29) is 11.3 Å². The van der Waals surface area contributed by atoms with E-state index in [1.54, 1.807) is 37.4 Å². The van der Waals surface area contributed by atoms with Crippen molar-refractivity contribution in [3.63, 3.8) is 0 Å². The monoisotopic (exact) mass is 382 g/mol. The summed E-state index contributed by atoms with van der Waals surface area (Å²) in [7, 11) is 1.60. The van der Waals surface area contributed by atoms with Gasteiger partial charge in [-0.05, 0) is 55.3 Å². The first-order valence-corrected chi connectivity index (χ1v) is 9.76. The number of anilines is 1. The standard InChI is InChI=1S/C21H22N2O3S/c1-13-8-14(2)21-18(9-13)19(24)10-16(23-21)11-27-12-20(25)22-15-4-6-17(26-3)7-5-15/h4-10H,11-12H2,1-3H3,(H,22,25)(H,23,24). The smallest absolute Gasteiger partial charge is 0.234 e. The second kappa shape index (κ2) is 8.31. The second-order valence-electron chi connectivity index (χ2n) is 6.43. The predicted octanol–water partition coefficient (Wildman–Crippen LogP) is 4.03. The number of amides is 1. The fraction of sp³-hybridized carbons (Fsp3) is 0.238. The molecule has 0 aliphatic heterocycles. The van der Waals surface area contributed by atoms with Crippen LogP contribution in [-0.4, -0.2) is 23.8 Å². The van der Waals surface area contributed by atoms with Gasteiger partial charge in [0.2, 0.25) is 5.91 Å². The topological polar surface area (TPSA) is 71.2 Å². The van der Waals surface area contributed by atoms with E-state index >= 15 is 0 Å². The van der Waals surface area contributed by atoms with Crippen molar-refractivity contribution in [3.05, 3.63) is 69.5 Å². The summed E-state index contributed by atoms with van der Waals surface area (Å²) in [5.74, 6) is 1.53. The molecule has 0 saturated carbocycles. The highest BCUT2D eigenvalue weighted by molar-refractivity contribution is 7.99. The molecule has 140 valence electrons. The van der Waals surface area contributed by atoms with Crippen molar-refractivity contribution in [1.29, 1.82) is 0 Å². The van der Waals surface area contributed by atoms with Crippen molar-refractivity contribution in [2.45, 2.75) is 19.6 Å². The van der Waals surface area contributed by atoms with Gasteiger partial charge in [0.1, 0.15) is 5.75 Å². The van der Waals surface area contributed by atoms with Gasteiger partial charge in [0.15, 0.2) is 5.43 Å². The number of hydrogen-bond donors (Lipinski definition) is 2. The Labute approximate surface area is 162 Å². The van der Waals surface area contributed by atoms with Crippen molar-refractivity contribution in [2.24, 2.45) is 0 Å². The molecule has 0 aliphatic rings. The second-order valence-corrected chi connectivity index (χ2v) is 7.42. The Bertz CT molecular complexity index is 1030. The number of aryl methyl sites for hydroxylation is 2. The lowest BCUT2D eigenvalue weighted by molar-refractivity contribution is -0.113. The summed E-state index contributed by atoms with van der Waals surface area (Å²) in [6.45, 7) is 3.97. The van der Waals surface area contributed by atoms with Gasteiger partial charge in [0.05, 0.1) is 18.4 Å². The lowest BCUT2D eigenvalue weighted by Gasteiger charge is -2.09.